The molecule has 0 aliphatic carbocycles. The Labute approximate surface area is 126 Å². The zero-order valence-electron chi connectivity index (χ0n) is 11.5. The predicted octanol–water partition coefficient (Wildman–Crippen LogP) is 0.265. The standard InChI is InChI=1S/C13H13N3O5S/c1-15-12(17)9-4-2-3-8(7-9)10-5-6-16(22(14,20)21)11(10)13(18)19/h2-7H,1H3,(H,15,17)(H,18,19)(H2,14,20,21). The van der Waals surface area contributed by atoms with Crippen LogP contribution >= 0.6 is 0 Å². The van der Waals surface area contributed by atoms with Crippen LogP contribution in [0, 0.1) is 0 Å². The van der Waals surface area contributed by atoms with Crippen molar-refractivity contribution in [3.05, 3.63) is 47.8 Å². The average Bonchev–Trinajstić information content (AvgIpc) is 2.91. The largest absolute Gasteiger partial charge is 0.477 e. The lowest BCUT2D eigenvalue weighted by atomic mass is 10.0. The van der Waals surface area contributed by atoms with E-state index in [1.165, 1.54) is 19.2 Å². The fourth-order valence-electron chi connectivity index (χ4n) is 2.04. The van der Waals surface area contributed by atoms with Crippen molar-refractivity contribution in [2.45, 2.75) is 0 Å². The van der Waals surface area contributed by atoms with Crippen LogP contribution in [-0.4, -0.2) is 36.4 Å². The van der Waals surface area contributed by atoms with E-state index in [1.807, 2.05) is 0 Å². The minimum atomic E-state index is -4.24. The first-order valence-corrected chi connectivity index (χ1v) is 7.56. The molecule has 8 nitrogen and oxygen atoms in total. The first-order chi connectivity index (χ1) is 10.3. The van der Waals surface area contributed by atoms with Gasteiger partial charge in [-0.2, -0.15) is 8.42 Å². The molecule has 0 saturated carbocycles. The molecule has 116 valence electrons. The molecule has 1 aromatic carbocycles. The van der Waals surface area contributed by atoms with Crippen LogP contribution in [0.3, 0.4) is 0 Å². The van der Waals surface area contributed by atoms with E-state index in [0.717, 1.165) is 6.20 Å². The molecule has 0 unspecified atom stereocenters. The highest BCUT2D eigenvalue weighted by atomic mass is 32.2. The number of hydrogen-bond donors (Lipinski definition) is 3. The van der Waals surface area contributed by atoms with E-state index in [-0.39, 0.29) is 11.5 Å². The molecule has 1 amide bonds. The molecule has 0 aliphatic rings. The molecule has 2 aromatic rings. The SMILES string of the molecule is CNC(=O)c1cccc(-c2ccn(S(N)(=O)=O)c2C(=O)O)c1. The summed E-state index contributed by atoms with van der Waals surface area (Å²) in [4.78, 5) is 23.0. The Morgan fingerprint density at radius 3 is 2.50 bits per heavy atom. The Morgan fingerprint density at radius 1 is 1.27 bits per heavy atom. The quantitative estimate of drug-likeness (QED) is 0.743. The maximum atomic E-state index is 11.6. The summed E-state index contributed by atoms with van der Waals surface area (Å²) in [6.07, 6.45) is 1.06. The number of hydrogen-bond acceptors (Lipinski definition) is 4. The molecule has 0 saturated heterocycles. The van der Waals surface area contributed by atoms with Crippen molar-refractivity contribution in [3.8, 4) is 11.1 Å². The maximum Gasteiger partial charge on any atom is 0.354 e. The van der Waals surface area contributed by atoms with E-state index >= 15 is 0 Å². The third kappa shape index (κ3) is 2.85. The van der Waals surface area contributed by atoms with Crippen molar-refractivity contribution < 1.29 is 23.1 Å². The van der Waals surface area contributed by atoms with Crippen LogP contribution in [0.15, 0.2) is 36.5 Å². The van der Waals surface area contributed by atoms with Crippen LogP contribution in [-0.2, 0) is 10.2 Å². The van der Waals surface area contributed by atoms with E-state index < -0.39 is 21.9 Å². The van der Waals surface area contributed by atoms with Crippen molar-refractivity contribution in [3.63, 3.8) is 0 Å². The molecule has 0 atom stereocenters. The lowest BCUT2D eigenvalue weighted by molar-refractivity contribution is 0.0690. The number of nitrogens with one attached hydrogen (secondary N) is 1. The predicted molar refractivity (Wildman–Crippen MR) is 78.7 cm³/mol. The number of nitrogens with two attached hydrogens (primary N) is 1. The molecule has 9 heteroatoms. The number of aromatic nitrogens is 1. The average molecular weight is 323 g/mol. The number of aromatic carboxylic acids is 1. The van der Waals surface area contributed by atoms with Gasteiger partial charge in [0.15, 0.2) is 5.69 Å². The van der Waals surface area contributed by atoms with Gasteiger partial charge in [-0.15, -0.1) is 0 Å². The lowest BCUT2D eigenvalue weighted by Gasteiger charge is -2.07. The zero-order chi connectivity index (χ0) is 16.5. The van der Waals surface area contributed by atoms with Crippen LogP contribution in [0.25, 0.3) is 11.1 Å². The van der Waals surface area contributed by atoms with Crippen molar-refractivity contribution in [2.24, 2.45) is 5.14 Å². The van der Waals surface area contributed by atoms with Gasteiger partial charge < -0.3 is 10.4 Å². The van der Waals surface area contributed by atoms with E-state index in [0.29, 0.717) is 15.1 Å². The molecule has 22 heavy (non-hydrogen) atoms. The van der Waals surface area contributed by atoms with Gasteiger partial charge in [0.05, 0.1) is 0 Å². The normalized spacial score (nSPS) is 11.2. The Kier molecular flexibility index (Phi) is 4.02. The maximum absolute atomic E-state index is 11.6. The third-order valence-corrected chi connectivity index (χ3v) is 3.84. The number of carboxylic acids is 1. The van der Waals surface area contributed by atoms with Gasteiger partial charge >= 0.3 is 16.2 Å². The molecular weight excluding hydrogens is 310 g/mol. The Balaban J connectivity index is 2.66. The number of carboxylic acid groups (broad SMARTS) is 1. The van der Waals surface area contributed by atoms with E-state index in [4.69, 9.17) is 5.14 Å². The Morgan fingerprint density at radius 2 is 1.95 bits per heavy atom. The van der Waals surface area contributed by atoms with Crippen LogP contribution in [0.5, 0.6) is 0 Å². The summed E-state index contributed by atoms with van der Waals surface area (Å²) in [5.41, 5.74) is 0.365. The summed E-state index contributed by atoms with van der Waals surface area (Å²) in [5.74, 6) is -1.79. The number of benzene rings is 1. The highest BCUT2D eigenvalue weighted by Gasteiger charge is 2.23. The minimum Gasteiger partial charge on any atom is -0.477 e. The number of amides is 1. The number of nitrogens with zero attached hydrogens (tertiary/aromatic N) is 1. The molecule has 2 rings (SSSR count). The monoisotopic (exact) mass is 323 g/mol. The number of carbonyl (C=O) groups is 2. The van der Waals surface area contributed by atoms with Crippen LogP contribution < -0.4 is 10.5 Å². The zero-order valence-corrected chi connectivity index (χ0v) is 12.3. The second-order valence-electron chi connectivity index (χ2n) is 4.38. The fourth-order valence-corrected chi connectivity index (χ4v) is 2.70. The summed E-state index contributed by atoms with van der Waals surface area (Å²) >= 11 is 0. The summed E-state index contributed by atoms with van der Waals surface area (Å²) in [6, 6.07) is 7.48. The van der Waals surface area contributed by atoms with Crippen LogP contribution in [0.4, 0.5) is 0 Å². The molecule has 0 fully saturated rings. The molecular formula is C13H13N3O5S. The van der Waals surface area contributed by atoms with E-state index in [1.54, 1.807) is 18.2 Å². The van der Waals surface area contributed by atoms with Gasteiger partial charge in [-0.05, 0) is 23.8 Å². The summed E-state index contributed by atoms with van der Waals surface area (Å²) in [7, 11) is -2.77. The van der Waals surface area contributed by atoms with Crippen molar-refractivity contribution in [2.75, 3.05) is 7.05 Å². The van der Waals surface area contributed by atoms with E-state index in [2.05, 4.69) is 5.32 Å². The molecule has 1 aromatic heterocycles. The van der Waals surface area contributed by atoms with E-state index in [9.17, 15) is 23.1 Å². The highest BCUT2D eigenvalue weighted by Crippen LogP contribution is 2.26. The molecule has 0 aliphatic heterocycles. The Hall–Kier alpha value is -2.65. The van der Waals surface area contributed by atoms with Crippen molar-refractivity contribution >= 4 is 22.1 Å². The highest BCUT2D eigenvalue weighted by molar-refractivity contribution is 7.87. The van der Waals surface area contributed by atoms with Gasteiger partial charge in [0, 0.05) is 24.4 Å². The number of rotatable bonds is 4. The third-order valence-electron chi connectivity index (χ3n) is 2.99. The minimum absolute atomic E-state index is 0.146. The van der Waals surface area contributed by atoms with Gasteiger partial charge in [0.25, 0.3) is 5.91 Å². The summed E-state index contributed by atoms with van der Waals surface area (Å²) in [5, 5.41) is 16.7. The first-order valence-electron chi connectivity index (χ1n) is 6.06. The fraction of sp³-hybridized carbons (Fsp3) is 0.0769. The molecule has 0 bridgehead atoms. The van der Waals surface area contributed by atoms with Crippen molar-refractivity contribution in [1.29, 1.82) is 0 Å². The molecule has 0 spiro atoms. The van der Waals surface area contributed by atoms with Gasteiger partial charge in [-0.25, -0.2) is 13.9 Å². The second kappa shape index (κ2) is 5.62. The summed E-state index contributed by atoms with van der Waals surface area (Å²) in [6.45, 7) is 0. The van der Waals surface area contributed by atoms with Gasteiger partial charge in [-0.1, -0.05) is 12.1 Å². The van der Waals surface area contributed by atoms with Crippen LogP contribution in [0.2, 0.25) is 0 Å². The summed E-state index contributed by atoms with van der Waals surface area (Å²) < 4.78 is 23.4. The Bertz CT molecular complexity index is 854. The van der Waals surface area contributed by atoms with Gasteiger partial charge in [-0.3, -0.25) is 4.79 Å². The first kappa shape index (κ1) is 15.7. The topological polar surface area (TPSA) is 131 Å². The molecule has 0 radical (unpaired) electrons. The smallest absolute Gasteiger partial charge is 0.354 e. The number of carbonyl (C=O) groups excluding carboxylic acids is 1. The second-order valence-corrected chi connectivity index (χ2v) is 5.81. The molecule has 4 N–H and O–H groups in total. The molecule has 1 heterocycles. The van der Waals surface area contributed by atoms with Crippen LogP contribution in [0.1, 0.15) is 20.8 Å². The van der Waals surface area contributed by atoms with Gasteiger partial charge in [0.2, 0.25) is 0 Å². The lowest BCUT2D eigenvalue weighted by Crippen LogP contribution is -2.24. The van der Waals surface area contributed by atoms with Crippen molar-refractivity contribution in [1.82, 2.24) is 9.29 Å². The van der Waals surface area contributed by atoms with Gasteiger partial charge in [0.1, 0.15) is 0 Å².